The van der Waals surface area contributed by atoms with Crippen molar-refractivity contribution in [3.05, 3.63) is 12.4 Å². The molecule has 3 nitrogen and oxygen atoms in total. The summed E-state index contributed by atoms with van der Waals surface area (Å²) in [6.45, 7) is 3.12. The van der Waals surface area contributed by atoms with Crippen molar-refractivity contribution in [2.45, 2.75) is 13.5 Å². The van der Waals surface area contributed by atoms with Crippen molar-refractivity contribution in [2.75, 3.05) is 17.2 Å². The molecule has 1 aromatic heterocycles. The van der Waals surface area contributed by atoms with E-state index in [2.05, 4.69) is 11.9 Å². The minimum Gasteiger partial charge on any atom is -0.369 e. The number of hydrogen-bond donors (Lipinski definition) is 1. The predicted octanol–water partition coefficient (Wildman–Crippen LogP) is 1.22. The molecule has 0 aliphatic heterocycles. The van der Waals surface area contributed by atoms with Gasteiger partial charge in [-0.15, -0.1) is 0 Å². The van der Waals surface area contributed by atoms with Gasteiger partial charge in [-0.2, -0.15) is 11.8 Å². The molecule has 62 valence electrons. The molecule has 1 aromatic rings. The predicted molar refractivity (Wildman–Crippen MR) is 49.6 cm³/mol. The molecule has 1 rings (SSSR count). The first kappa shape index (κ1) is 8.46. The molecule has 0 atom stereocenters. The van der Waals surface area contributed by atoms with Gasteiger partial charge in [0, 0.05) is 24.7 Å². The number of imidazole rings is 1. The third-order valence-corrected chi connectivity index (χ3v) is 2.31. The van der Waals surface area contributed by atoms with Crippen molar-refractivity contribution in [1.82, 2.24) is 9.55 Å². The molecule has 0 radical (unpaired) electrons. The Balaban J connectivity index is 2.32. The highest BCUT2D eigenvalue weighted by Gasteiger charge is 1.95. The van der Waals surface area contributed by atoms with E-state index in [1.807, 2.05) is 22.5 Å². The van der Waals surface area contributed by atoms with Gasteiger partial charge in [-0.05, 0) is 5.75 Å². The van der Waals surface area contributed by atoms with Crippen LogP contribution in [0, 0.1) is 0 Å². The molecule has 11 heavy (non-hydrogen) atoms. The van der Waals surface area contributed by atoms with Gasteiger partial charge in [0.1, 0.15) is 0 Å². The Morgan fingerprint density at radius 3 is 3.09 bits per heavy atom. The molecule has 0 fully saturated rings. The smallest absolute Gasteiger partial charge is 0.200 e. The van der Waals surface area contributed by atoms with Crippen LogP contribution in [0.2, 0.25) is 0 Å². The number of rotatable bonds is 4. The lowest BCUT2D eigenvalue weighted by atomic mass is 10.7. The van der Waals surface area contributed by atoms with Gasteiger partial charge in [0.15, 0.2) is 5.95 Å². The molecule has 0 saturated carbocycles. The fourth-order valence-electron chi connectivity index (χ4n) is 0.837. The van der Waals surface area contributed by atoms with Crippen LogP contribution in [0.4, 0.5) is 5.95 Å². The van der Waals surface area contributed by atoms with Gasteiger partial charge in [-0.1, -0.05) is 6.92 Å². The lowest BCUT2D eigenvalue weighted by Crippen LogP contribution is -2.04. The number of thioether (sulfide) groups is 1. The minimum absolute atomic E-state index is 0.613. The van der Waals surface area contributed by atoms with E-state index in [1.165, 1.54) is 0 Å². The molecule has 0 bridgehead atoms. The van der Waals surface area contributed by atoms with Gasteiger partial charge in [0.2, 0.25) is 0 Å². The highest BCUT2D eigenvalue weighted by atomic mass is 32.2. The van der Waals surface area contributed by atoms with E-state index in [4.69, 9.17) is 5.73 Å². The average molecular weight is 171 g/mol. The van der Waals surface area contributed by atoms with E-state index in [-0.39, 0.29) is 0 Å². The quantitative estimate of drug-likeness (QED) is 0.693. The number of aromatic nitrogens is 2. The second-order valence-corrected chi connectivity index (χ2v) is 3.57. The van der Waals surface area contributed by atoms with Crippen LogP contribution < -0.4 is 5.73 Å². The molecule has 1 heterocycles. The zero-order chi connectivity index (χ0) is 8.10. The van der Waals surface area contributed by atoms with Crippen LogP contribution in [-0.4, -0.2) is 21.1 Å². The monoisotopic (exact) mass is 171 g/mol. The number of hydrogen-bond acceptors (Lipinski definition) is 3. The van der Waals surface area contributed by atoms with Crippen LogP contribution in [0.1, 0.15) is 6.92 Å². The van der Waals surface area contributed by atoms with E-state index in [0.717, 1.165) is 18.1 Å². The summed E-state index contributed by atoms with van der Waals surface area (Å²) < 4.78 is 1.96. The van der Waals surface area contributed by atoms with Gasteiger partial charge < -0.3 is 10.3 Å². The SMILES string of the molecule is CCSCCn1ccnc1N. The topological polar surface area (TPSA) is 43.8 Å². The van der Waals surface area contributed by atoms with Gasteiger partial charge in [0.05, 0.1) is 0 Å². The Morgan fingerprint density at radius 2 is 2.55 bits per heavy atom. The van der Waals surface area contributed by atoms with Crippen LogP contribution >= 0.6 is 11.8 Å². The Bertz CT molecular complexity index is 209. The number of nitrogen functional groups attached to an aromatic ring is 1. The first-order valence-corrected chi connectivity index (χ1v) is 4.84. The minimum atomic E-state index is 0.613. The second-order valence-electron chi connectivity index (χ2n) is 2.18. The summed E-state index contributed by atoms with van der Waals surface area (Å²) >= 11 is 1.91. The third kappa shape index (κ3) is 2.46. The second kappa shape index (κ2) is 4.28. The summed E-state index contributed by atoms with van der Waals surface area (Å²) in [6.07, 6.45) is 3.64. The van der Waals surface area contributed by atoms with Crippen LogP contribution in [0.25, 0.3) is 0 Å². The Hall–Kier alpha value is -0.640. The van der Waals surface area contributed by atoms with Crippen LogP contribution in [0.3, 0.4) is 0 Å². The van der Waals surface area contributed by atoms with Gasteiger partial charge in [-0.3, -0.25) is 0 Å². The first-order chi connectivity index (χ1) is 5.34. The fraction of sp³-hybridized carbons (Fsp3) is 0.571. The molecule has 0 unspecified atom stereocenters. The Morgan fingerprint density at radius 1 is 1.73 bits per heavy atom. The van der Waals surface area contributed by atoms with Crippen molar-refractivity contribution < 1.29 is 0 Å². The van der Waals surface area contributed by atoms with E-state index in [1.54, 1.807) is 6.20 Å². The van der Waals surface area contributed by atoms with Gasteiger partial charge in [-0.25, -0.2) is 4.98 Å². The number of nitrogens with zero attached hydrogens (tertiary/aromatic N) is 2. The Kier molecular flexibility index (Phi) is 3.29. The zero-order valence-corrected chi connectivity index (χ0v) is 7.47. The van der Waals surface area contributed by atoms with E-state index >= 15 is 0 Å². The van der Waals surface area contributed by atoms with Crippen molar-refractivity contribution in [3.8, 4) is 0 Å². The van der Waals surface area contributed by atoms with Crippen molar-refractivity contribution in [3.63, 3.8) is 0 Å². The highest BCUT2D eigenvalue weighted by molar-refractivity contribution is 7.99. The lowest BCUT2D eigenvalue weighted by Gasteiger charge is -2.02. The summed E-state index contributed by atoms with van der Waals surface area (Å²) in [5.41, 5.74) is 5.57. The summed E-state index contributed by atoms with van der Waals surface area (Å²) in [6, 6.07) is 0. The highest BCUT2D eigenvalue weighted by Crippen LogP contribution is 2.03. The molecule has 0 saturated heterocycles. The zero-order valence-electron chi connectivity index (χ0n) is 6.66. The number of nitrogens with two attached hydrogens (primary N) is 1. The molecular formula is C7H13N3S. The molecule has 0 aliphatic carbocycles. The number of anilines is 1. The molecule has 0 aromatic carbocycles. The molecule has 2 N–H and O–H groups in total. The standard InChI is InChI=1S/C7H13N3S/c1-2-11-6-5-10-4-3-9-7(10)8/h3-4H,2,5-6H2,1H3,(H2,8,9). The molecule has 0 aliphatic rings. The largest absolute Gasteiger partial charge is 0.369 e. The van der Waals surface area contributed by atoms with E-state index in [0.29, 0.717) is 5.95 Å². The normalized spacial score (nSPS) is 10.3. The lowest BCUT2D eigenvalue weighted by molar-refractivity contribution is 0.783. The molecular weight excluding hydrogens is 158 g/mol. The van der Waals surface area contributed by atoms with E-state index < -0.39 is 0 Å². The van der Waals surface area contributed by atoms with Gasteiger partial charge in [0.25, 0.3) is 0 Å². The van der Waals surface area contributed by atoms with Crippen molar-refractivity contribution >= 4 is 17.7 Å². The van der Waals surface area contributed by atoms with E-state index in [9.17, 15) is 0 Å². The molecule has 4 heteroatoms. The number of aryl methyl sites for hydroxylation is 1. The average Bonchev–Trinajstić information content (AvgIpc) is 2.37. The van der Waals surface area contributed by atoms with Crippen LogP contribution in [-0.2, 0) is 6.54 Å². The maximum Gasteiger partial charge on any atom is 0.200 e. The third-order valence-electron chi connectivity index (χ3n) is 1.43. The molecule has 0 amide bonds. The first-order valence-electron chi connectivity index (χ1n) is 3.69. The summed E-state index contributed by atoms with van der Waals surface area (Å²) in [5, 5.41) is 0. The van der Waals surface area contributed by atoms with Crippen molar-refractivity contribution in [1.29, 1.82) is 0 Å². The Labute approximate surface area is 71.0 Å². The molecule has 0 spiro atoms. The van der Waals surface area contributed by atoms with Crippen LogP contribution in [0.5, 0.6) is 0 Å². The summed E-state index contributed by atoms with van der Waals surface area (Å²) in [5.74, 6) is 2.88. The maximum absolute atomic E-state index is 5.57. The van der Waals surface area contributed by atoms with Crippen molar-refractivity contribution in [2.24, 2.45) is 0 Å². The fourth-order valence-corrected chi connectivity index (χ4v) is 1.45. The maximum atomic E-state index is 5.57. The summed E-state index contributed by atoms with van der Waals surface area (Å²) in [4.78, 5) is 3.93. The summed E-state index contributed by atoms with van der Waals surface area (Å²) in [7, 11) is 0. The van der Waals surface area contributed by atoms with Gasteiger partial charge >= 0.3 is 0 Å². The van der Waals surface area contributed by atoms with Crippen LogP contribution in [0.15, 0.2) is 12.4 Å².